The third kappa shape index (κ3) is 6.06. The van der Waals surface area contributed by atoms with E-state index in [2.05, 4.69) is 11.6 Å². The average molecular weight is 357 g/mol. The monoisotopic (exact) mass is 357 g/mol. The predicted molar refractivity (Wildman–Crippen MR) is 93.2 cm³/mol. The maximum absolute atomic E-state index is 13.8. The van der Waals surface area contributed by atoms with Crippen LogP contribution in [-0.2, 0) is 10.0 Å². The van der Waals surface area contributed by atoms with E-state index < -0.39 is 15.8 Å². The van der Waals surface area contributed by atoms with Crippen molar-refractivity contribution in [3.63, 3.8) is 0 Å². The number of nitrogens with one attached hydrogen (secondary N) is 1. The normalized spacial score (nSPS) is 16.1. The summed E-state index contributed by atoms with van der Waals surface area (Å²) in [5.74, 6) is -0.0338. The molecular weight excluding hydrogens is 329 g/mol. The molecule has 0 unspecified atom stereocenters. The van der Waals surface area contributed by atoms with Gasteiger partial charge in [-0.2, -0.15) is 0 Å². The van der Waals surface area contributed by atoms with Crippen LogP contribution in [0.4, 0.5) is 4.39 Å². The number of halogens is 1. The maximum Gasteiger partial charge on any atom is 0.240 e. The molecule has 1 fully saturated rings. The highest BCUT2D eigenvalue weighted by atomic mass is 32.2. The SMILES string of the molecule is CCCCCC[C@H](C)NS(=O)(=O)c1ccc(F)c(OCC2CC2)c1. The Morgan fingerprint density at radius 2 is 2.04 bits per heavy atom. The molecule has 0 heterocycles. The molecule has 0 bridgehead atoms. The lowest BCUT2D eigenvalue weighted by Crippen LogP contribution is -2.32. The summed E-state index contributed by atoms with van der Waals surface area (Å²) in [5, 5.41) is 0. The minimum absolute atomic E-state index is 0.0142. The first-order chi connectivity index (χ1) is 11.4. The van der Waals surface area contributed by atoms with Crippen LogP contribution >= 0.6 is 0 Å². The van der Waals surface area contributed by atoms with E-state index in [1.165, 1.54) is 18.6 Å². The van der Waals surface area contributed by atoms with Crippen molar-refractivity contribution in [1.29, 1.82) is 0 Å². The smallest absolute Gasteiger partial charge is 0.240 e. The second-order valence-electron chi connectivity index (χ2n) is 6.72. The third-order valence-corrected chi connectivity index (χ3v) is 5.82. The molecule has 0 spiro atoms. The number of sulfonamides is 1. The second kappa shape index (κ2) is 8.81. The summed E-state index contributed by atoms with van der Waals surface area (Å²) < 4.78 is 46.8. The number of hydrogen-bond donors (Lipinski definition) is 1. The lowest BCUT2D eigenvalue weighted by Gasteiger charge is -2.15. The lowest BCUT2D eigenvalue weighted by atomic mass is 10.1. The highest BCUT2D eigenvalue weighted by Gasteiger charge is 2.24. The van der Waals surface area contributed by atoms with E-state index >= 15 is 0 Å². The molecule has 0 saturated heterocycles. The zero-order valence-electron chi connectivity index (χ0n) is 14.6. The van der Waals surface area contributed by atoms with Gasteiger partial charge in [-0.05, 0) is 44.2 Å². The van der Waals surface area contributed by atoms with E-state index in [9.17, 15) is 12.8 Å². The van der Waals surface area contributed by atoms with E-state index in [0.717, 1.165) is 44.6 Å². The molecule has 1 aliphatic rings. The van der Waals surface area contributed by atoms with Crippen LogP contribution in [0, 0.1) is 11.7 Å². The average Bonchev–Trinajstić information content (AvgIpc) is 3.34. The molecule has 1 aromatic rings. The van der Waals surface area contributed by atoms with Gasteiger partial charge in [0.2, 0.25) is 10.0 Å². The van der Waals surface area contributed by atoms with E-state index in [1.54, 1.807) is 0 Å². The number of ether oxygens (including phenoxy) is 1. The first-order valence-electron chi connectivity index (χ1n) is 8.87. The second-order valence-corrected chi connectivity index (χ2v) is 8.43. The molecule has 0 aliphatic heterocycles. The van der Waals surface area contributed by atoms with Crippen molar-refractivity contribution in [2.75, 3.05) is 6.61 Å². The van der Waals surface area contributed by atoms with Gasteiger partial charge < -0.3 is 4.74 Å². The fourth-order valence-electron chi connectivity index (χ4n) is 2.52. The summed E-state index contributed by atoms with van der Waals surface area (Å²) in [4.78, 5) is 0.0510. The number of benzene rings is 1. The van der Waals surface area contributed by atoms with Gasteiger partial charge in [-0.3, -0.25) is 0 Å². The summed E-state index contributed by atoms with van der Waals surface area (Å²) >= 11 is 0. The van der Waals surface area contributed by atoms with Crippen LogP contribution in [0.3, 0.4) is 0 Å². The Kier molecular flexibility index (Phi) is 7.04. The Bertz CT molecular complexity index is 629. The Hall–Kier alpha value is -1.14. The van der Waals surface area contributed by atoms with Crippen molar-refractivity contribution in [1.82, 2.24) is 4.72 Å². The Balaban J connectivity index is 1.95. The van der Waals surface area contributed by atoms with Crippen molar-refractivity contribution in [2.24, 2.45) is 5.92 Å². The maximum atomic E-state index is 13.8. The van der Waals surface area contributed by atoms with Gasteiger partial charge in [0.15, 0.2) is 11.6 Å². The molecule has 1 aliphatic carbocycles. The van der Waals surface area contributed by atoms with Crippen LogP contribution in [0.1, 0.15) is 58.8 Å². The van der Waals surface area contributed by atoms with E-state index in [0.29, 0.717) is 12.5 Å². The van der Waals surface area contributed by atoms with Crippen LogP contribution in [0.5, 0.6) is 5.75 Å². The van der Waals surface area contributed by atoms with Gasteiger partial charge in [0.05, 0.1) is 11.5 Å². The number of hydrogen-bond acceptors (Lipinski definition) is 3. The first kappa shape index (κ1) is 19.2. The highest BCUT2D eigenvalue weighted by Crippen LogP contribution is 2.30. The molecule has 1 atom stereocenters. The van der Waals surface area contributed by atoms with Crippen LogP contribution in [-0.4, -0.2) is 21.1 Å². The topological polar surface area (TPSA) is 55.4 Å². The largest absolute Gasteiger partial charge is 0.490 e. The third-order valence-electron chi connectivity index (χ3n) is 4.23. The fraction of sp³-hybridized carbons (Fsp3) is 0.667. The van der Waals surface area contributed by atoms with Crippen LogP contribution in [0.2, 0.25) is 0 Å². The summed E-state index contributed by atoms with van der Waals surface area (Å²) in [5.41, 5.74) is 0. The first-order valence-corrected chi connectivity index (χ1v) is 10.4. The summed E-state index contributed by atoms with van der Waals surface area (Å²) in [7, 11) is -3.66. The zero-order chi connectivity index (χ0) is 17.6. The van der Waals surface area contributed by atoms with Gasteiger partial charge in [-0.15, -0.1) is 0 Å². The predicted octanol–water partition coefficient (Wildman–Crippen LogP) is 4.25. The molecule has 1 saturated carbocycles. The van der Waals surface area contributed by atoms with Gasteiger partial charge in [0.25, 0.3) is 0 Å². The van der Waals surface area contributed by atoms with Gasteiger partial charge in [-0.1, -0.05) is 32.6 Å². The number of unbranched alkanes of at least 4 members (excludes halogenated alkanes) is 3. The summed E-state index contributed by atoms with van der Waals surface area (Å²) in [6.07, 6.45) is 7.41. The van der Waals surface area contributed by atoms with E-state index in [1.807, 2.05) is 6.92 Å². The number of rotatable bonds is 11. The Labute approximate surface area is 144 Å². The zero-order valence-corrected chi connectivity index (χ0v) is 15.4. The lowest BCUT2D eigenvalue weighted by molar-refractivity contribution is 0.284. The molecule has 2 rings (SSSR count). The van der Waals surface area contributed by atoms with Crippen molar-refractivity contribution in [2.45, 2.75) is 69.7 Å². The van der Waals surface area contributed by atoms with Crippen molar-refractivity contribution < 1.29 is 17.5 Å². The van der Waals surface area contributed by atoms with Gasteiger partial charge in [0.1, 0.15) is 0 Å². The quantitative estimate of drug-likeness (QED) is 0.602. The molecule has 6 heteroatoms. The van der Waals surface area contributed by atoms with Crippen LogP contribution in [0.25, 0.3) is 0 Å². The molecular formula is C18H28FNO3S. The van der Waals surface area contributed by atoms with Crippen LogP contribution in [0.15, 0.2) is 23.1 Å². The minimum atomic E-state index is -3.66. The Morgan fingerprint density at radius 3 is 2.71 bits per heavy atom. The van der Waals surface area contributed by atoms with E-state index in [-0.39, 0.29) is 16.7 Å². The van der Waals surface area contributed by atoms with E-state index in [4.69, 9.17) is 4.74 Å². The van der Waals surface area contributed by atoms with Crippen molar-refractivity contribution in [3.05, 3.63) is 24.0 Å². The van der Waals surface area contributed by atoms with Gasteiger partial charge in [0, 0.05) is 12.1 Å². The molecule has 1 N–H and O–H groups in total. The van der Waals surface area contributed by atoms with Crippen molar-refractivity contribution in [3.8, 4) is 5.75 Å². The Morgan fingerprint density at radius 1 is 1.29 bits per heavy atom. The van der Waals surface area contributed by atoms with Gasteiger partial charge >= 0.3 is 0 Å². The van der Waals surface area contributed by atoms with Crippen molar-refractivity contribution >= 4 is 10.0 Å². The summed E-state index contributed by atoms with van der Waals surface area (Å²) in [6, 6.07) is 3.57. The molecule has 0 radical (unpaired) electrons. The fourth-order valence-corrected chi connectivity index (χ4v) is 3.82. The standard InChI is InChI=1S/C18H28FNO3S/c1-3-4-5-6-7-14(2)20-24(21,22)16-10-11-17(19)18(12-16)23-13-15-8-9-15/h10-12,14-15,20H,3-9,13H2,1-2H3/t14-/m0/s1. The molecule has 136 valence electrons. The van der Waals surface area contributed by atoms with Gasteiger partial charge in [-0.25, -0.2) is 17.5 Å². The molecule has 0 amide bonds. The highest BCUT2D eigenvalue weighted by molar-refractivity contribution is 7.89. The van der Waals surface area contributed by atoms with Crippen LogP contribution < -0.4 is 9.46 Å². The molecule has 0 aromatic heterocycles. The molecule has 4 nitrogen and oxygen atoms in total. The molecule has 1 aromatic carbocycles. The summed E-state index contributed by atoms with van der Waals surface area (Å²) in [6.45, 7) is 4.45. The molecule has 24 heavy (non-hydrogen) atoms. The minimum Gasteiger partial charge on any atom is -0.490 e.